The lowest BCUT2D eigenvalue weighted by Crippen LogP contribution is -2.22. The van der Waals surface area contributed by atoms with Gasteiger partial charge in [0.25, 0.3) is 0 Å². The van der Waals surface area contributed by atoms with Gasteiger partial charge in [-0.3, -0.25) is 0 Å². The molecule has 21 heavy (non-hydrogen) atoms. The van der Waals surface area contributed by atoms with E-state index >= 15 is 0 Å². The molecule has 0 aliphatic carbocycles. The number of nitrogens with zero attached hydrogens (tertiary/aromatic N) is 2. The van der Waals surface area contributed by atoms with Crippen LogP contribution < -0.4 is 10.1 Å². The van der Waals surface area contributed by atoms with E-state index in [1.54, 1.807) is 0 Å². The first-order valence-electron chi connectivity index (χ1n) is 7.04. The van der Waals surface area contributed by atoms with Crippen LogP contribution in [0.1, 0.15) is 38.0 Å². The van der Waals surface area contributed by atoms with Gasteiger partial charge in [0.15, 0.2) is 6.61 Å². The molecular formula is C15H20BrN3O2. The molecule has 0 atom stereocenters. The van der Waals surface area contributed by atoms with Crippen LogP contribution in [0.3, 0.4) is 0 Å². The molecule has 0 saturated heterocycles. The fourth-order valence-corrected chi connectivity index (χ4v) is 2.12. The number of nitrogens with one attached hydrogen (secondary N) is 1. The van der Waals surface area contributed by atoms with E-state index in [9.17, 15) is 0 Å². The number of hydrogen-bond donors (Lipinski definition) is 1. The van der Waals surface area contributed by atoms with Crippen molar-refractivity contribution < 1.29 is 9.26 Å². The Labute approximate surface area is 133 Å². The van der Waals surface area contributed by atoms with Crippen LogP contribution in [0.5, 0.6) is 5.75 Å². The van der Waals surface area contributed by atoms with Crippen molar-refractivity contribution in [1.82, 2.24) is 15.5 Å². The normalized spacial score (nSPS) is 11.1. The van der Waals surface area contributed by atoms with Gasteiger partial charge in [0.2, 0.25) is 11.7 Å². The number of aryl methyl sites for hydroxylation is 1. The molecule has 5 nitrogen and oxygen atoms in total. The molecule has 114 valence electrons. The average Bonchev–Trinajstić information content (AvgIpc) is 2.93. The van der Waals surface area contributed by atoms with E-state index in [4.69, 9.17) is 9.26 Å². The minimum Gasteiger partial charge on any atom is -0.485 e. The Morgan fingerprint density at radius 3 is 2.86 bits per heavy atom. The number of halogens is 1. The third kappa shape index (κ3) is 4.82. The minimum atomic E-state index is 0.308. The molecule has 0 fully saturated rings. The van der Waals surface area contributed by atoms with Crippen LogP contribution in [0.25, 0.3) is 0 Å². The van der Waals surface area contributed by atoms with Gasteiger partial charge in [0.05, 0.1) is 0 Å². The van der Waals surface area contributed by atoms with E-state index in [0.717, 1.165) is 28.8 Å². The van der Waals surface area contributed by atoms with E-state index in [2.05, 4.69) is 45.2 Å². The first-order valence-corrected chi connectivity index (χ1v) is 7.84. The number of benzene rings is 1. The molecular weight excluding hydrogens is 334 g/mol. The maximum atomic E-state index is 5.72. The number of ether oxygens (including phenoxy) is 1. The Bertz CT molecular complexity index is 584. The summed E-state index contributed by atoms with van der Waals surface area (Å²) in [6.07, 6.45) is 0.732. The van der Waals surface area contributed by atoms with Crippen LogP contribution >= 0.6 is 15.9 Å². The van der Waals surface area contributed by atoms with Crippen LogP contribution in [0.2, 0.25) is 0 Å². The Morgan fingerprint density at radius 2 is 2.19 bits per heavy atom. The second-order valence-electron chi connectivity index (χ2n) is 5.04. The minimum absolute atomic E-state index is 0.308. The molecule has 0 bridgehead atoms. The van der Waals surface area contributed by atoms with Gasteiger partial charge in [0, 0.05) is 23.5 Å². The zero-order valence-electron chi connectivity index (χ0n) is 12.5. The van der Waals surface area contributed by atoms with Crippen LogP contribution in [0.15, 0.2) is 27.2 Å². The standard InChI is InChI=1S/C15H20BrN3O2/c1-4-15-18-14(19-21-15)9-20-12-5-6-13(16)11(7-12)8-17-10(2)3/h5-7,10,17H,4,8-9H2,1-3H3. The predicted molar refractivity (Wildman–Crippen MR) is 84.1 cm³/mol. The third-order valence-electron chi connectivity index (χ3n) is 2.90. The van der Waals surface area contributed by atoms with Gasteiger partial charge in [-0.15, -0.1) is 0 Å². The molecule has 0 amide bonds. The van der Waals surface area contributed by atoms with E-state index in [-0.39, 0.29) is 0 Å². The first-order chi connectivity index (χ1) is 10.1. The van der Waals surface area contributed by atoms with Crippen molar-refractivity contribution in [3.63, 3.8) is 0 Å². The van der Waals surface area contributed by atoms with Crippen LogP contribution in [0, 0.1) is 0 Å². The van der Waals surface area contributed by atoms with E-state index in [0.29, 0.717) is 24.4 Å². The number of hydrogen-bond acceptors (Lipinski definition) is 5. The third-order valence-corrected chi connectivity index (χ3v) is 3.67. The monoisotopic (exact) mass is 353 g/mol. The summed E-state index contributed by atoms with van der Waals surface area (Å²) in [5.41, 5.74) is 1.16. The summed E-state index contributed by atoms with van der Waals surface area (Å²) < 4.78 is 11.8. The van der Waals surface area contributed by atoms with Gasteiger partial charge >= 0.3 is 0 Å². The Morgan fingerprint density at radius 1 is 1.38 bits per heavy atom. The molecule has 0 unspecified atom stereocenters. The van der Waals surface area contributed by atoms with Gasteiger partial charge in [-0.2, -0.15) is 4.98 Å². The summed E-state index contributed by atoms with van der Waals surface area (Å²) in [5, 5.41) is 7.26. The van der Waals surface area contributed by atoms with Gasteiger partial charge < -0.3 is 14.6 Å². The maximum Gasteiger partial charge on any atom is 0.226 e. The molecule has 6 heteroatoms. The van der Waals surface area contributed by atoms with Crippen LogP contribution in [0.4, 0.5) is 0 Å². The Balaban J connectivity index is 1.98. The molecule has 0 saturated carbocycles. The largest absolute Gasteiger partial charge is 0.485 e. The number of aromatic nitrogens is 2. The second kappa shape index (κ2) is 7.56. The van der Waals surface area contributed by atoms with Crippen molar-refractivity contribution in [2.75, 3.05) is 0 Å². The fourth-order valence-electron chi connectivity index (χ4n) is 1.73. The molecule has 1 aromatic carbocycles. The van der Waals surface area contributed by atoms with Crippen molar-refractivity contribution in [3.8, 4) is 5.75 Å². The van der Waals surface area contributed by atoms with Gasteiger partial charge in [-0.1, -0.05) is 41.9 Å². The van der Waals surface area contributed by atoms with E-state index in [1.807, 2.05) is 25.1 Å². The topological polar surface area (TPSA) is 60.2 Å². The van der Waals surface area contributed by atoms with Crippen molar-refractivity contribution in [2.45, 2.75) is 46.4 Å². The molecule has 1 N–H and O–H groups in total. The van der Waals surface area contributed by atoms with Gasteiger partial charge in [0.1, 0.15) is 5.75 Å². The summed E-state index contributed by atoms with van der Waals surface area (Å²) in [6.45, 7) is 7.31. The van der Waals surface area contributed by atoms with Crippen LogP contribution in [-0.2, 0) is 19.6 Å². The van der Waals surface area contributed by atoms with Crippen molar-refractivity contribution in [1.29, 1.82) is 0 Å². The Hall–Kier alpha value is -1.40. The molecule has 2 rings (SSSR count). The highest BCUT2D eigenvalue weighted by atomic mass is 79.9. The fraction of sp³-hybridized carbons (Fsp3) is 0.467. The van der Waals surface area contributed by atoms with Crippen molar-refractivity contribution in [3.05, 3.63) is 40.0 Å². The molecule has 0 spiro atoms. The molecule has 0 aliphatic heterocycles. The summed E-state index contributed by atoms with van der Waals surface area (Å²) in [4.78, 5) is 4.22. The quantitative estimate of drug-likeness (QED) is 0.825. The first kappa shape index (κ1) is 16.0. The molecule has 0 radical (unpaired) electrons. The van der Waals surface area contributed by atoms with Crippen LogP contribution in [-0.4, -0.2) is 16.2 Å². The Kier molecular flexibility index (Phi) is 5.76. The molecule has 0 aliphatic rings. The smallest absolute Gasteiger partial charge is 0.226 e. The van der Waals surface area contributed by atoms with Gasteiger partial charge in [-0.25, -0.2) is 0 Å². The zero-order chi connectivity index (χ0) is 15.2. The highest BCUT2D eigenvalue weighted by Crippen LogP contribution is 2.23. The lowest BCUT2D eigenvalue weighted by molar-refractivity contribution is 0.285. The van der Waals surface area contributed by atoms with E-state index < -0.39 is 0 Å². The van der Waals surface area contributed by atoms with Crippen molar-refractivity contribution >= 4 is 15.9 Å². The number of rotatable bonds is 7. The lowest BCUT2D eigenvalue weighted by atomic mass is 10.2. The van der Waals surface area contributed by atoms with Crippen molar-refractivity contribution in [2.24, 2.45) is 0 Å². The highest BCUT2D eigenvalue weighted by molar-refractivity contribution is 9.10. The molecule has 1 heterocycles. The SMILES string of the molecule is CCc1nc(COc2ccc(Br)c(CNC(C)C)c2)no1. The summed E-state index contributed by atoms with van der Waals surface area (Å²) >= 11 is 3.55. The highest BCUT2D eigenvalue weighted by Gasteiger charge is 2.07. The lowest BCUT2D eigenvalue weighted by Gasteiger charge is -2.11. The second-order valence-corrected chi connectivity index (χ2v) is 5.89. The summed E-state index contributed by atoms with van der Waals surface area (Å²) in [7, 11) is 0. The van der Waals surface area contributed by atoms with E-state index in [1.165, 1.54) is 0 Å². The average molecular weight is 354 g/mol. The van der Waals surface area contributed by atoms with Gasteiger partial charge in [-0.05, 0) is 23.8 Å². The molecule has 2 aromatic rings. The summed E-state index contributed by atoms with van der Waals surface area (Å²) in [6, 6.07) is 6.36. The predicted octanol–water partition coefficient (Wildman–Crippen LogP) is 3.47. The zero-order valence-corrected chi connectivity index (χ0v) is 14.1. The molecule has 1 aromatic heterocycles. The summed E-state index contributed by atoms with van der Waals surface area (Å²) in [5.74, 6) is 1.99. The maximum absolute atomic E-state index is 5.72.